The van der Waals surface area contributed by atoms with E-state index in [1.165, 1.54) is 7.11 Å². The molecule has 4 heteroatoms. The first kappa shape index (κ1) is 10.1. The van der Waals surface area contributed by atoms with Crippen LogP contribution in [0.3, 0.4) is 0 Å². The fourth-order valence-corrected chi connectivity index (χ4v) is 1.42. The number of carbonyl (C=O) groups excluding carboxylic acids is 1. The zero-order valence-electron chi connectivity index (χ0n) is 7.44. The normalized spacial score (nSPS) is 12.2. The largest absolute Gasteiger partial charge is 0.612 e. The minimum absolute atomic E-state index is 0.381. The molecule has 13 heavy (non-hydrogen) atoms. The Morgan fingerprint density at radius 1 is 1.38 bits per heavy atom. The summed E-state index contributed by atoms with van der Waals surface area (Å²) in [5, 5.41) is 0. The molecule has 0 aliphatic carbocycles. The Morgan fingerprint density at radius 3 is 2.31 bits per heavy atom. The van der Waals surface area contributed by atoms with Gasteiger partial charge in [0.15, 0.2) is 4.90 Å². The van der Waals surface area contributed by atoms with Crippen molar-refractivity contribution in [3.63, 3.8) is 0 Å². The summed E-state index contributed by atoms with van der Waals surface area (Å²) in [6, 6.07) is 6.51. The van der Waals surface area contributed by atoms with E-state index in [4.69, 9.17) is 0 Å². The standard InChI is InChI=1S/C9H10O3S/c1-12-9(10)7-3-5-8(6-4-7)13(2)11/h3-6H,1-2H3. The van der Waals surface area contributed by atoms with Crippen LogP contribution in [0.5, 0.6) is 0 Å². The fraction of sp³-hybridized carbons (Fsp3) is 0.222. The maximum atomic E-state index is 11.0. The van der Waals surface area contributed by atoms with Crippen LogP contribution < -0.4 is 0 Å². The Bertz CT molecular complexity index is 292. The zero-order chi connectivity index (χ0) is 9.84. The maximum absolute atomic E-state index is 11.0. The molecule has 0 saturated carbocycles. The molecule has 0 spiro atoms. The van der Waals surface area contributed by atoms with Crippen molar-refractivity contribution >= 4 is 17.1 Å². The van der Waals surface area contributed by atoms with Gasteiger partial charge in [-0.3, -0.25) is 0 Å². The first-order valence-corrected chi connectivity index (χ1v) is 5.22. The third kappa shape index (κ3) is 2.47. The number of methoxy groups -OCH3 is 1. The Balaban J connectivity index is 2.87. The van der Waals surface area contributed by atoms with Gasteiger partial charge in [0.25, 0.3) is 0 Å². The molecule has 0 bridgehead atoms. The van der Waals surface area contributed by atoms with Gasteiger partial charge in [-0.05, 0) is 35.4 Å². The van der Waals surface area contributed by atoms with Gasteiger partial charge in [-0.1, -0.05) is 0 Å². The monoisotopic (exact) mass is 198 g/mol. The predicted octanol–water partition coefficient (Wildman–Crippen LogP) is 1.21. The molecular weight excluding hydrogens is 188 g/mol. The molecule has 70 valence electrons. The lowest BCUT2D eigenvalue weighted by Crippen LogP contribution is -2.02. The van der Waals surface area contributed by atoms with E-state index in [1.54, 1.807) is 30.5 Å². The number of esters is 1. The van der Waals surface area contributed by atoms with E-state index in [0.29, 0.717) is 10.5 Å². The van der Waals surface area contributed by atoms with E-state index in [-0.39, 0.29) is 5.97 Å². The molecule has 1 rings (SSSR count). The number of hydrogen-bond donors (Lipinski definition) is 0. The van der Waals surface area contributed by atoms with E-state index in [2.05, 4.69) is 4.74 Å². The van der Waals surface area contributed by atoms with E-state index >= 15 is 0 Å². The van der Waals surface area contributed by atoms with Crippen LogP contribution >= 0.6 is 0 Å². The second-order valence-electron chi connectivity index (χ2n) is 2.47. The molecule has 0 heterocycles. The van der Waals surface area contributed by atoms with Gasteiger partial charge in [0, 0.05) is 0 Å². The summed E-state index contributed by atoms with van der Waals surface area (Å²) in [6.45, 7) is 0. The van der Waals surface area contributed by atoms with Crippen molar-refractivity contribution in [2.24, 2.45) is 0 Å². The Labute approximate surface area is 79.9 Å². The third-order valence-electron chi connectivity index (χ3n) is 1.61. The van der Waals surface area contributed by atoms with Crippen LogP contribution in [0.25, 0.3) is 0 Å². The van der Waals surface area contributed by atoms with Crippen molar-refractivity contribution in [3.8, 4) is 0 Å². The van der Waals surface area contributed by atoms with E-state index in [0.717, 1.165) is 0 Å². The molecule has 0 aromatic heterocycles. The predicted molar refractivity (Wildman–Crippen MR) is 50.1 cm³/mol. The van der Waals surface area contributed by atoms with Crippen molar-refractivity contribution in [1.29, 1.82) is 0 Å². The highest BCUT2D eigenvalue weighted by atomic mass is 32.2. The summed E-state index contributed by atoms with van der Waals surface area (Å²) in [5.41, 5.74) is 0.469. The molecule has 0 radical (unpaired) electrons. The van der Waals surface area contributed by atoms with E-state index in [1.807, 2.05) is 0 Å². The number of carbonyl (C=O) groups is 1. The SMILES string of the molecule is COC(=O)c1ccc([S+](C)[O-])cc1. The molecule has 1 aromatic carbocycles. The second-order valence-corrected chi connectivity index (χ2v) is 3.85. The highest BCUT2D eigenvalue weighted by Crippen LogP contribution is 2.10. The number of ether oxygens (including phenoxy) is 1. The molecule has 0 aliphatic rings. The average molecular weight is 198 g/mol. The highest BCUT2D eigenvalue weighted by molar-refractivity contribution is 7.90. The van der Waals surface area contributed by atoms with Gasteiger partial charge in [-0.15, -0.1) is 0 Å². The molecule has 3 nitrogen and oxygen atoms in total. The topological polar surface area (TPSA) is 49.4 Å². The first-order chi connectivity index (χ1) is 6.15. The number of hydrogen-bond acceptors (Lipinski definition) is 3. The molecule has 1 atom stereocenters. The summed E-state index contributed by atoms with van der Waals surface area (Å²) in [5.74, 6) is -0.381. The van der Waals surface area contributed by atoms with E-state index < -0.39 is 11.2 Å². The van der Waals surface area contributed by atoms with Gasteiger partial charge in [0.05, 0.1) is 12.7 Å². The van der Waals surface area contributed by atoms with Crippen molar-refractivity contribution < 1.29 is 14.1 Å². The third-order valence-corrected chi connectivity index (χ3v) is 2.54. The van der Waals surface area contributed by atoms with Gasteiger partial charge in [-0.25, -0.2) is 4.79 Å². The van der Waals surface area contributed by atoms with Crippen LogP contribution in [-0.4, -0.2) is 23.9 Å². The lowest BCUT2D eigenvalue weighted by atomic mass is 10.2. The minimum Gasteiger partial charge on any atom is -0.612 e. The number of rotatable bonds is 2. The summed E-state index contributed by atoms with van der Waals surface area (Å²) in [7, 11) is 1.33. The van der Waals surface area contributed by atoms with E-state index in [9.17, 15) is 9.35 Å². The first-order valence-electron chi connectivity index (χ1n) is 3.67. The summed E-state index contributed by atoms with van der Waals surface area (Å²) >= 11 is -1.00. The lowest BCUT2D eigenvalue weighted by molar-refractivity contribution is 0.0600. The molecule has 0 saturated heterocycles. The van der Waals surface area contributed by atoms with Gasteiger partial charge >= 0.3 is 5.97 Å². The average Bonchev–Trinajstić information content (AvgIpc) is 2.17. The van der Waals surface area contributed by atoms with Crippen LogP contribution in [0.2, 0.25) is 0 Å². The van der Waals surface area contributed by atoms with Crippen molar-refractivity contribution in [2.75, 3.05) is 13.4 Å². The highest BCUT2D eigenvalue weighted by Gasteiger charge is 2.07. The van der Waals surface area contributed by atoms with Gasteiger partial charge in [0.1, 0.15) is 6.26 Å². The quantitative estimate of drug-likeness (QED) is 0.530. The smallest absolute Gasteiger partial charge is 0.337 e. The second kappa shape index (κ2) is 4.30. The number of benzene rings is 1. The van der Waals surface area contributed by atoms with Crippen LogP contribution in [0.15, 0.2) is 29.2 Å². The Kier molecular flexibility index (Phi) is 3.33. The van der Waals surface area contributed by atoms with Crippen LogP contribution in [0.4, 0.5) is 0 Å². The molecule has 1 aromatic rings. The van der Waals surface area contributed by atoms with Crippen LogP contribution in [-0.2, 0) is 15.9 Å². The van der Waals surface area contributed by atoms with Gasteiger partial charge < -0.3 is 9.29 Å². The molecule has 0 N–H and O–H groups in total. The fourth-order valence-electron chi connectivity index (χ4n) is 0.901. The summed E-state index contributed by atoms with van der Waals surface area (Å²) < 4.78 is 15.5. The minimum atomic E-state index is -1.00. The Hall–Kier alpha value is -1.00. The summed E-state index contributed by atoms with van der Waals surface area (Å²) in [6.07, 6.45) is 1.59. The van der Waals surface area contributed by atoms with Gasteiger partial charge in [0.2, 0.25) is 0 Å². The Morgan fingerprint density at radius 2 is 1.92 bits per heavy atom. The van der Waals surface area contributed by atoms with Crippen LogP contribution in [0.1, 0.15) is 10.4 Å². The lowest BCUT2D eigenvalue weighted by Gasteiger charge is -2.04. The molecule has 1 unspecified atom stereocenters. The van der Waals surface area contributed by atoms with Crippen molar-refractivity contribution in [2.45, 2.75) is 4.90 Å². The van der Waals surface area contributed by atoms with Crippen molar-refractivity contribution in [3.05, 3.63) is 29.8 Å². The molecule has 0 amide bonds. The zero-order valence-corrected chi connectivity index (χ0v) is 8.26. The summed E-state index contributed by atoms with van der Waals surface area (Å²) in [4.78, 5) is 11.7. The molecular formula is C9H10O3S. The molecule has 0 fully saturated rings. The van der Waals surface area contributed by atoms with Crippen molar-refractivity contribution in [1.82, 2.24) is 0 Å². The molecule has 0 aliphatic heterocycles. The van der Waals surface area contributed by atoms with Gasteiger partial charge in [-0.2, -0.15) is 0 Å². The van der Waals surface area contributed by atoms with Crippen LogP contribution in [0, 0.1) is 0 Å². The maximum Gasteiger partial charge on any atom is 0.337 e.